The summed E-state index contributed by atoms with van der Waals surface area (Å²) in [6, 6.07) is 6.97. The van der Waals surface area contributed by atoms with Gasteiger partial charge in [0.1, 0.15) is 0 Å². The molecule has 1 fully saturated rings. The smallest absolute Gasteiger partial charge is 0.251 e. The first-order valence-electron chi connectivity index (χ1n) is 8.33. The highest BCUT2D eigenvalue weighted by Gasteiger charge is 2.21. The molecule has 1 aliphatic rings. The minimum Gasteiger partial charge on any atom is -0.347 e. The van der Waals surface area contributed by atoms with Crippen molar-refractivity contribution in [1.29, 1.82) is 0 Å². The Morgan fingerprint density at radius 2 is 1.83 bits per heavy atom. The SMILES string of the molecule is CCC(C)(C)NC(=O)c1ccc(NC(=O)CNCC2CC2)cc1. The first-order chi connectivity index (χ1) is 10.9. The summed E-state index contributed by atoms with van der Waals surface area (Å²) < 4.78 is 0. The molecule has 3 N–H and O–H groups in total. The van der Waals surface area contributed by atoms with Gasteiger partial charge in [0.05, 0.1) is 6.54 Å². The topological polar surface area (TPSA) is 70.2 Å². The van der Waals surface area contributed by atoms with Crippen molar-refractivity contribution in [1.82, 2.24) is 10.6 Å². The molecular weight excluding hydrogens is 290 g/mol. The van der Waals surface area contributed by atoms with Crippen LogP contribution in [0.1, 0.15) is 50.4 Å². The number of nitrogens with one attached hydrogen (secondary N) is 3. The summed E-state index contributed by atoms with van der Waals surface area (Å²) in [6.07, 6.45) is 3.40. The first-order valence-corrected chi connectivity index (χ1v) is 8.33. The van der Waals surface area contributed by atoms with E-state index in [1.807, 2.05) is 20.8 Å². The fourth-order valence-corrected chi connectivity index (χ4v) is 2.09. The van der Waals surface area contributed by atoms with E-state index in [4.69, 9.17) is 0 Å². The fraction of sp³-hybridized carbons (Fsp3) is 0.556. The lowest BCUT2D eigenvalue weighted by Gasteiger charge is -2.24. The molecule has 0 aliphatic heterocycles. The highest BCUT2D eigenvalue weighted by atomic mass is 16.2. The Labute approximate surface area is 138 Å². The number of benzene rings is 1. The first kappa shape index (κ1) is 17.5. The number of anilines is 1. The second-order valence-electron chi connectivity index (χ2n) is 6.89. The van der Waals surface area contributed by atoms with E-state index in [1.165, 1.54) is 12.8 Å². The number of carbonyl (C=O) groups excluding carboxylic acids is 2. The van der Waals surface area contributed by atoms with E-state index in [-0.39, 0.29) is 17.4 Å². The quantitative estimate of drug-likeness (QED) is 0.690. The minimum atomic E-state index is -0.225. The average Bonchev–Trinajstić information content (AvgIpc) is 3.32. The van der Waals surface area contributed by atoms with Crippen LogP contribution in [0.3, 0.4) is 0 Å². The molecule has 0 bridgehead atoms. The molecule has 0 radical (unpaired) electrons. The maximum atomic E-state index is 12.2. The molecule has 2 amide bonds. The second-order valence-corrected chi connectivity index (χ2v) is 6.89. The number of rotatable bonds is 8. The van der Waals surface area contributed by atoms with Crippen molar-refractivity contribution in [2.75, 3.05) is 18.4 Å². The maximum Gasteiger partial charge on any atom is 0.251 e. The Morgan fingerprint density at radius 1 is 1.17 bits per heavy atom. The molecule has 2 rings (SSSR count). The van der Waals surface area contributed by atoms with Gasteiger partial charge in [-0.3, -0.25) is 9.59 Å². The molecule has 1 aromatic carbocycles. The lowest BCUT2D eigenvalue weighted by Crippen LogP contribution is -2.42. The van der Waals surface area contributed by atoms with Gasteiger partial charge in [-0.25, -0.2) is 0 Å². The number of amides is 2. The molecule has 126 valence electrons. The van der Waals surface area contributed by atoms with Gasteiger partial charge in [0.15, 0.2) is 0 Å². The summed E-state index contributed by atoms with van der Waals surface area (Å²) >= 11 is 0. The summed E-state index contributed by atoms with van der Waals surface area (Å²) in [5, 5.41) is 8.97. The second kappa shape index (κ2) is 7.59. The zero-order valence-electron chi connectivity index (χ0n) is 14.2. The predicted octanol–water partition coefficient (Wildman–Crippen LogP) is 2.54. The van der Waals surface area contributed by atoms with E-state index < -0.39 is 0 Å². The maximum absolute atomic E-state index is 12.2. The summed E-state index contributed by atoms with van der Waals surface area (Å²) in [5.74, 6) is 0.601. The minimum absolute atomic E-state index is 0.0602. The Morgan fingerprint density at radius 3 is 2.39 bits per heavy atom. The van der Waals surface area contributed by atoms with Gasteiger partial charge in [-0.05, 0) is 69.8 Å². The summed E-state index contributed by atoms with van der Waals surface area (Å²) in [5.41, 5.74) is 1.07. The van der Waals surface area contributed by atoms with Crippen molar-refractivity contribution in [3.8, 4) is 0 Å². The lowest BCUT2D eigenvalue weighted by atomic mass is 10.0. The third-order valence-corrected chi connectivity index (χ3v) is 4.18. The molecule has 5 heteroatoms. The molecule has 23 heavy (non-hydrogen) atoms. The van der Waals surface area contributed by atoms with E-state index >= 15 is 0 Å². The summed E-state index contributed by atoms with van der Waals surface area (Å²) in [4.78, 5) is 24.0. The molecule has 0 unspecified atom stereocenters. The van der Waals surface area contributed by atoms with Gasteiger partial charge in [-0.2, -0.15) is 0 Å². The highest BCUT2D eigenvalue weighted by molar-refractivity contribution is 5.96. The molecule has 1 saturated carbocycles. The molecule has 1 aromatic rings. The Kier molecular flexibility index (Phi) is 5.77. The molecule has 0 aromatic heterocycles. The molecular formula is C18H27N3O2. The zero-order chi connectivity index (χ0) is 16.9. The summed E-state index contributed by atoms with van der Waals surface area (Å²) in [7, 11) is 0. The predicted molar refractivity (Wildman–Crippen MR) is 92.5 cm³/mol. The van der Waals surface area contributed by atoms with Crippen molar-refractivity contribution >= 4 is 17.5 Å². The van der Waals surface area contributed by atoms with Crippen molar-refractivity contribution in [3.05, 3.63) is 29.8 Å². The van der Waals surface area contributed by atoms with E-state index in [0.717, 1.165) is 18.9 Å². The van der Waals surface area contributed by atoms with E-state index in [1.54, 1.807) is 24.3 Å². The van der Waals surface area contributed by atoms with Crippen LogP contribution >= 0.6 is 0 Å². The van der Waals surface area contributed by atoms with Crippen molar-refractivity contribution in [3.63, 3.8) is 0 Å². The lowest BCUT2D eigenvalue weighted by molar-refractivity contribution is -0.115. The molecule has 0 saturated heterocycles. The largest absolute Gasteiger partial charge is 0.347 e. The Balaban J connectivity index is 1.81. The van der Waals surface area contributed by atoms with Crippen LogP contribution < -0.4 is 16.0 Å². The van der Waals surface area contributed by atoms with Gasteiger partial charge >= 0.3 is 0 Å². The summed E-state index contributed by atoms with van der Waals surface area (Å²) in [6.45, 7) is 7.27. The van der Waals surface area contributed by atoms with Crippen molar-refractivity contribution < 1.29 is 9.59 Å². The molecule has 5 nitrogen and oxygen atoms in total. The van der Waals surface area contributed by atoms with E-state index in [9.17, 15) is 9.59 Å². The zero-order valence-corrected chi connectivity index (χ0v) is 14.2. The molecule has 1 aliphatic carbocycles. The Bertz CT molecular complexity index is 548. The number of hydrogen-bond acceptors (Lipinski definition) is 3. The highest BCUT2D eigenvalue weighted by Crippen LogP contribution is 2.27. The van der Waals surface area contributed by atoms with Gasteiger partial charge in [-0.15, -0.1) is 0 Å². The van der Waals surface area contributed by atoms with Gasteiger partial charge in [0, 0.05) is 16.8 Å². The fourth-order valence-electron chi connectivity index (χ4n) is 2.09. The monoisotopic (exact) mass is 317 g/mol. The van der Waals surface area contributed by atoms with E-state index in [2.05, 4.69) is 16.0 Å². The number of hydrogen-bond donors (Lipinski definition) is 3. The third-order valence-electron chi connectivity index (χ3n) is 4.18. The van der Waals surface area contributed by atoms with Crippen LogP contribution in [0, 0.1) is 5.92 Å². The molecule has 0 heterocycles. The normalized spacial score (nSPS) is 14.4. The van der Waals surface area contributed by atoms with Crippen LogP contribution in [-0.4, -0.2) is 30.4 Å². The van der Waals surface area contributed by atoms with Crippen LogP contribution in [-0.2, 0) is 4.79 Å². The van der Waals surface area contributed by atoms with Gasteiger partial charge in [0.2, 0.25) is 5.91 Å². The van der Waals surface area contributed by atoms with Gasteiger partial charge in [0.25, 0.3) is 5.91 Å². The van der Waals surface area contributed by atoms with Gasteiger partial charge in [-0.1, -0.05) is 6.92 Å². The third kappa shape index (κ3) is 6.02. The Hall–Kier alpha value is -1.88. The van der Waals surface area contributed by atoms with Crippen LogP contribution in [0.2, 0.25) is 0 Å². The van der Waals surface area contributed by atoms with E-state index in [0.29, 0.717) is 17.8 Å². The standard InChI is InChI=1S/C18H27N3O2/c1-4-18(2,3)21-17(23)14-7-9-15(10-8-14)20-16(22)12-19-11-13-5-6-13/h7-10,13,19H,4-6,11-12H2,1-3H3,(H,20,22)(H,21,23). The number of carbonyl (C=O) groups is 2. The van der Waals surface area contributed by atoms with Crippen LogP contribution in [0.25, 0.3) is 0 Å². The van der Waals surface area contributed by atoms with Crippen LogP contribution in [0.15, 0.2) is 24.3 Å². The van der Waals surface area contributed by atoms with Crippen LogP contribution in [0.4, 0.5) is 5.69 Å². The van der Waals surface area contributed by atoms with Crippen molar-refractivity contribution in [2.45, 2.75) is 45.6 Å². The van der Waals surface area contributed by atoms with Gasteiger partial charge < -0.3 is 16.0 Å². The molecule has 0 spiro atoms. The van der Waals surface area contributed by atoms with Crippen LogP contribution in [0.5, 0.6) is 0 Å². The average molecular weight is 317 g/mol. The van der Waals surface area contributed by atoms with Crippen molar-refractivity contribution in [2.24, 2.45) is 5.92 Å². The molecule has 0 atom stereocenters.